The number of rotatable bonds is 7. The average molecular weight is 403 g/mol. The number of aromatic nitrogens is 1. The second-order valence-corrected chi connectivity index (χ2v) is 7.72. The fraction of sp³-hybridized carbons (Fsp3) is 0.167. The van der Waals surface area contributed by atoms with Gasteiger partial charge in [0, 0.05) is 23.7 Å². The van der Waals surface area contributed by atoms with Gasteiger partial charge in [-0.15, -0.1) is 0 Å². The van der Waals surface area contributed by atoms with E-state index in [1.807, 2.05) is 0 Å². The number of pyridine rings is 1. The van der Waals surface area contributed by atoms with Gasteiger partial charge in [0.15, 0.2) is 0 Å². The zero-order valence-electron chi connectivity index (χ0n) is 14.5. The van der Waals surface area contributed by atoms with Gasteiger partial charge in [-0.1, -0.05) is 18.2 Å². The third-order valence-corrected chi connectivity index (χ3v) is 5.74. The molecule has 0 aliphatic rings. The molecule has 146 valence electrons. The minimum absolute atomic E-state index is 0.0834. The summed E-state index contributed by atoms with van der Waals surface area (Å²) in [6, 6.07) is 11.8. The molecule has 0 fully saturated rings. The topological polar surface area (TPSA) is 143 Å². The molecule has 1 aromatic heterocycles. The number of nitro groups is 1. The van der Waals surface area contributed by atoms with Crippen molar-refractivity contribution in [2.24, 2.45) is 0 Å². The average Bonchev–Trinajstić information content (AvgIpc) is 2.71. The molecule has 0 aliphatic carbocycles. The van der Waals surface area contributed by atoms with Crippen LogP contribution in [-0.2, 0) is 10.0 Å². The first kappa shape index (κ1) is 19.8. The summed E-state index contributed by atoms with van der Waals surface area (Å²) in [4.78, 5) is 14.2. The summed E-state index contributed by atoms with van der Waals surface area (Å²) < 4.78 is 27.9. The lowest BCUT2D eigenvalue weighted by atomic mass is 10.0. The maximum absolute atomic E-state index is 12.8. The number of hydrogen-bond acceptors (Lipinski definition) is 7. The van der Waals surface area contributed by atoms with Crippen LogP contribution in [0.2, 0.25) is 0 Å². The van der Waals surface area contributed by atoms with Crippen molar-refractivity contribution in [1.82, 2.24) is 9.71 Å². The number of sulfonamides is 1. The van der Waals surface area contributed by atoms with Crippen LogP contribution in [0.1, 0.15) is 11.7 Å². The molecule has 3 aromatic rings. The normalized spacial score (nSPS) is 13.9. The van der Waals surface area contributed by atoms with Gasteiger partial charge in [-0.05, 0) is 29.8 Å². The molecule has 0 unspecified atom stereocenters. The molecule has 2 aromatic carbocycles. The van der Waals surface area contributed by atoms with Crippen molar-refractivity contribution < 1.29 is 23.6 Å². The molecule has 3 rings (SSSR count). The Morgan fingerprint density at radius 3 is 2.43 bits per heavy atom. The number of nitrogens with one attached hydrogen (secondary N) is 1. The Kier molecular flexibility index (Phi) is 5.66. The van der Waals surface area contributed by atoms with Crippen molar-refractivity contribution in [3.05, 3.63) is 76.5 Å². The number of hydrogen-bond donors (Lipinski definition) is 3. The lowest BCUT2D eigenvalue weighted by molar-refractivity contribution is -0.384. The number of aliphatic hydroxyl groups excluding tert-OH is 2. The highest BCUT2D eigenvalue weighted by Gasteiger charge is 2.28. The summed E-state index contributed by atoms with van der Waals surface area (Å²) >= 11 is 0. The maximum atomic E-state index is 12.8. The molecule has 10 heteroatoms. The highest BCUT2D eigenvalue weighted by atomic mass is 32.2. The second-order valence-electron chi connectivity index (χ2n) is 6.04. The summed E-state index contributed by atoms with van der Waals surface area (Å²) in [5.41, 5.74) is 0.321. The van der Waals surface area contributed by atoms with E-state index < -0.39 is 33.7 Å². The van der Waals surface area contributed by atoms with E-state index in [0.29, 0.717) is 5.39 Å². The number of benzene rings is 2. The monoisotopic (exact) mass is 403 g/mol. The standard InChI is InChI=1S/C18H17N3O6S/c22-11-15(18(23)13-6-8-14(9-7-13)21(24)25)20-28(26,27)16-5-1-3-12-4-2-10-19-17(12)16/h1-10,15,18,20,22-23H,11H2/t15-,18-/m1/s1. The molecule has 3 N–H and O–H groups in total. The van der Waals surface area contributed by atoms with Gasteiger partial charge in [0.05, 0.1) is 29.2 Å². The van der Waals surface area contributed by atoms with Crippen LogP contribution < -0.4 is 4.72 Å². The van der Waals surface area contributed by atoms with Gasteiger partial charge in [-0.25, -0.2) is 13.1 Å². The molecule has 1 heterocycles. The predicted octanol–water partition coefficient (Wildman–Crippen LogP) is 1.52. The summed E-state index contributed by atoms with van der Waals surface area (Å²) in [7, 11) is -4.11. The molecule has 0 bridgehead atoms. The third kappa shape index (κ3) is 3.99. The van der Waals surface area contributed by atoms with E-state index in [4.69, 9.17) is 0 Å². The van der Waals surface area contributed by atoms with Crippen LogP contribution in [-0.4, -0.2) is 41.2 Å². The van der Waals surface area contributed by atoms with E-state index in [1.165, 1.54) is 36.5 Å². The Bertz CT molecular complexity index is 1100. The van der Waals surface area contributed by atoms with Crippen molar-refractivity contribution >= 4 is 26.6 Å². The largest absolute Gasteiger partial charge is 0.395 e. The quantitative estimate of drug-likeness (QED) is 0.401. The number of nitro benzene ring substituents is 1. The first-order valence-electron chi connectivity index (χ1n) is 8.23. The highest BCUT2D eigenvalue weighted by molar-refractivity contribution is 7.89. The first-order chi connectivity index (χ1) is 13.3. The van der Waals surface area contributed by atoms with Crippen LogP contribution in [0.4, 0.5) is 5.69 Å². The molecule has 0 amide bonds. The summed E-state index contributed by atoms with van der Waals surface area (Å²) in [5.74, 6) is 0. The van der Waals surface area contributed by atoms with Crippen LogP contribution in [0.5, 0.6) is 0 Å². The second kappa shape index (κ2) is 7.98. The van der Waals surface area contributed by atoms with Crippen LogP contribution >= 0.6 is 0 Å². The zero-order chi connectivity index (χ0) is 20.3. The molecule has 0 aliphatic heterocycles. The number of para-hydroxylation sites is 1. The van der Waals surface area contributed by atoms with Gasteiger partial charge in [0.2, 0.25) is 10.0 Å². The van der Waals surface area contributed by atoms with Gasteiger partial charge in [-0.2, -0.15) is 0 Å². The van der Waals surface area contributed by atoms with Crippen LogP contribution in [0, 0.1) is 10.1 Å². The van der Waals surface area contributed by atoms with Gasteiger partial charge in [-0.3, -0.25) is 15.1 Å². The van der Waals surface area contributed by atoms with Crippen LogP contribution in [0.25, 0.3) is 10.9 Å². The summed E-state index contributed by atoms with van der Waals surface area (Å²) in [5, 5.41) is 31.4. The lowest BCUT2D eigenvalue weighted by Gasteiger charge is -2.22. The molecule has 0 saturated carbocycles. The van der Waals surface area contributed by atoms with Crippen molar-refractivity contribution in [2.45, 2.75) is 17.0 Å². The molecule has 0 radical (unpaired) electrons. The predicted molar refractivity (Wildman–Crippen MR) is 101 cm³/mol. The van der Waals surface area contributed by atoms with Crippen LogP contribution in [0.3, 0.4) is 0 Å². The van der Waals surface area contributed by atoms with Gasteiger partial charge in [0.25, 0.3) is 5.69 Å². The van der Waals surface area contributed by atoms with Gasteiger partial charge < -0.3 is 10.2 Å². The highest BCUT2D eigenvalue weighted by Crippen LogP contribution is 2.24. The van der Waals surface area contributed by atoms with E-state index in [9.17, 15) is 28.7 Å². The third-order valence-electron chi connectivity index (χ3n) is 4.21. The number of non-ortho nitro benzene ring substituents is 1. The Labute approximate surface area is 160 Å². The van der Waals surface area contributed by atoms with E-state index in [0.717, 1.165) is 0 Å². The van der Waals surface area contributed by atoms with Crippen molar-refractivity contribution in [1.29, 1.82) is 0 Å². The minimum Gasteiger partial charge on any atom is -0.395 e. The SMILES string of the molecule is O=[N+]([O-])c1ccc([C@@H](O)[C@@H](CO)NS(=O)(=O)c2cccc3cccnc23)cc1. The Morgan fingerprint density at radius 1 is 1.11 bits per heavy atom. The Morgan fingerprint density at radius 2 is 1.79 bits per heavy atom. The van der Waals surface area contributed by atoms with E-state index >= 15 is 0 Å². The van der Waals surface area contributed by atoms with Gasteiger partial charge in [0.1, 0.15) is 4.90 Å². The molecular formula is C18H17N3O6S. The minimum atomic E-state index is -4.11. The smallest absolute Gasteiger partial charge is 0.269 e. The molecule has 0 saturated heterocycles. The molecular weight excluding hydrogens is 386 g/mol. The van der Waals surface area contributed by atoms with Gasteiger partial charge >= 0.3 is 0 Å². The number of fused-ring (bicyclic) bond motifs is 1. The summed E-state index contributed by atoms with van der Waals surface area (Å²) in [6.07, 6.45) is 0.0554. The zero-order valence-corrected chi connectivity index (χ0v) is 15.3. The molecule has 9 nitrogen and oxygen atoms in total. The Balaban J connectivity index is 1.89. The lowest BCUT2D eigenvalue weighted by Crippen LogP contribution is -2.42. The van der Waals surface area contributed by atoms with Crippen molar-refractivity contribution in [2.75, 3.05) is 6.61 Å². The van der Waals surface area contributed by atoms with Crippen molar-refractivity contribution in [3.8, 4) is 0 Å². The maximum Gasteiger partial charge on any atom is 0.269 e. The van der Waals surface area contributed by atoms with E-state index in [-0.39, 0.29) is 21.7 Å². The van der Waals surface area contributed by atoms with E-state index in [1.54, 1.807) is 24.3 Å². The fourth-order valence-electron chi connectivity index (χ4n) is 2.78. The molecule has 2 atom stereocenters. The Hall–Kier alpha value is -2.92. The van der Waals surface area contributed by atoms with Crippen molar-refractivity contribution in [3.63, 3.8) is 0 Å². The fourth-order valence-corrected chi connectivity index (χ4v) is 4.19. The molecule has 28 heavy (non-hydrogen) atoms. The molecule has 0 spiro atoms. The first-order valence-corrected chi connectivity index (χ1v) is 9.71. The number of nitrogens with zero attached hydrogens (tertiary/aromatic N) is 2. The van der Waals surface area contributed by atoms with E-state index in [2.05, 4.69) is 9.71 Å². The van der Waals surface area contributed by atoms with Crippen LogP contribution in [0.15, 0.2) is 65.7 Å². The summed E-state index contributed by atoms with van der Waals surface area (Å²) in [6.45, 7) is -0.685. The number of aliphatic hydroxyl groups is 2.